The van der Waals surface area contributed by atoms with E-state index in [1.54, 1.807) is 48.5 Å². The van der Waals surface area contributed by atoms with Crippen molar-refractivity contribution in [3.05, 3.63) is 100 Å². The van der Waals surface area contributed by atoms with Crippen molar-refractivity contribution in [1.29, 1.82) is 0 Å². The van der Waals surface area contributed by atoms with Crippen molar-refractivity contribution in [3.8, 4) is 0 Å². The highest BCUT2D eigenvalue weighted by Gasteiger charge is 2.40. The molecule has 0 bridgehead atoms. The van der Waals surface area contributed by atoms with Crippen LogP contribution in [0.3, 0.4) is 0 Å². The maximum atomic E-state index is 12.9. The van der Waals surface area contributed by atoms with Crippen LogP contribution in [0.2, 0.25) is 0 Å². The van der Waals surface area contributed by atoms with E-state index in [1.807, 2.05) is 30.3 Å². The lowest BCUT2D eigenvalue weighted by atomic mass is 10.1. The fraction of sp³-hybridized carbons (Fsp3) is 0.0870. The molecule has 150 valence electrons. The number of benzene rings is 3. The van der Waals surface area contributed by atoms with Crippen molar-refractivity contribution in [1.82, 2.24) is 10.2 Å². The average Bonchev–Trinajstić information content (AvgIpc) is 3.01. The Labute approximate surface area is 182 Å². The lowest BCUT2D eigenvalue weighted by molar-refractivity contribution is 0.0565. The summed E-state index contributed by atoms with van der Waals surface area (Å²) >= 11 is 3.35. The largest absolute Gasteiger partial charge is 0.320 e. The van der Waals surface area contributed by atoms with E-state index in [1.165, 1.54) is 0 Å². The lowest BCUT2D eigenvalue weighted by Gasteiger charge is -2.27. The predicted molar refractivity (Wildman–Crippen MR) is 117 cm³/mol. The second-order valence-corrected chi connectivity index (χ2v) is 7.75. The Kier molecular flexibility index (Phi) is 5.63. The van der Waals surface area contributed by atoms with Crippen LogP contribution < -0.4 is 10.6 Å². The van der Waals surface area contributed by atoms with E-state index in [9.17, 15) is 14.4 Å². The van der Waals surface area contributed by atoms with Crippen molar-refractivity contribution >= 4 is 39.5 Å². The topological polar surface area (TPSA) is 78.5 Å². The second-order valence-electron chi connectivity index (χ2n) is 6.84. The minimum absolute atomic E-state index is 0.292. The normalized spacial score (nSPS) is 13.7. The number of halogens is 1. The van der Waals surface area contributed by atoms with E-state index < -0.39 is 24.0 Å². The van der Waals surface area contributed by atoms with E-state index in [4.69, 9.17) is 0 Å². The average molecular weight is 464 g/mol. The molecule has 0 aromatic heterocycles. The molecular weight excluding hydrogens is 446 g/mol. The van der Waals surface area contributed by atoms with Gasteiger partial charge in [-0.3, -0.25) is 14.5 Å². The first-order valence-electron chi connectivity index (χ1n) is 9.37. The minimum Gasteiger partial charge on any atom is -0.317 e. The number of imide groups is 1. The molecule has 3 aromatic carbocycles. The van der Waals surface area contributed by atoms with Crippen LogP contribution in [-0.2, 0) is 6.42 Å². The van der Waals surface area contributed by atoms with Crippen LogP contribution in [0.25, 0.3) is 0 Å². The van der Waals surface area contributed by atoms with Gasteiger partial charge in [-0.1, -0.05) is 58.4 Å². The fourth-order valence-electron chi connectivity index (χ4n) is 3.39. The van der Waals surface area contributed by atoms with Gasteiger partial charge in [0.15, 0.2) is 0 Å². The van der Waals surface area contributed by atoms with Crippen LogP contribution in [0, 0.1) is 0 Å². The van der Waals surface area contributed by atoms with Gasteiger partial charge in [-0.2, -0.15) is 0 Å². The van der Waals surface area contributed by atoms with Gasteiger partial charge in [-0.05, 0) is 42.0 Å². The first kappa shape index (κ1) is 19.8. The molecule has 0 saturated heterocycles. The molecule has 3 aromatic rings. The molecule has 0 aliphatic carbocycles. The Balaban J connectivity index is 1.58. The third kappa shape index (κ3) is 4.11. The van der Waals surface area contributed by atoms with Crippen molar-refractivity contribution in [2.24, 2.45) is 0 Å². The van der Waals surface area contributed by atoms with Gasteiger partial charge in [0.1, 0.15) is 6.17 Å². The highest BCUT2D eigenvalue weighted by molar-refractivity contribution is 9.10. The molecule has 7 heteroatoms. The lowest BCUT2D eigenvalue weighted by Crippen LogP contribution is -2.53. The van der Waals surface area contributed by atoms with Crippen LogP contribution in [0.1, 0.15) is 26.3 Å². The number of hydrogen-bond donors (Lipinski definition) is 2. The van der Waals surface area contributed by atoms with E-state index in [-0.39, 0.29) is 0 Å². The van der Waals surface area contributed by atoms with E-state index in [0.717, 1.165) is 14.9 Å². The third-order valence-corrected chi connectivity index (χ3v) is 5.34. The standard InChI is InChI=1S/C23H18BrN3O3/c24-16-10-12-17(13-11-16)25-23(30)26-20(14-15-6-2-1-3-7-15)27-21(28)18-8-4-5-9-19(18)22(27)29/h1-13,20H,14H2,(H2,25,26,30). The molecule has 1 unspecified atom stereocenters. The third-order valence-electron chi connectivity index (χ3n) is 4.81. The SMILES string of the molecule is O=C(Nc1ccc(Br)cc1)NC(Cc1ccccc1)N1C(=O)c2ccccc2C1=O. The number of fused-ring (bicyclic) bond motifs is 1. The first-order chi connectivity index (χ1) is 14.5. The predicted octanol–water partition coefficient (Wildman–Crippen LogP) is 4.44. The monoisotopic (exact) mass is 463 g/mol. The molecule has 4 amide bonds. The molecule has 1 heterocycles. The van der Waals surface area contributed by atoms with Gasteiger partial charge in [-0.25, -0.2) is 4.79 Å². The summed E-state index contributed by atoms with van der Waals surface area (Å²) in [6.07, 6.45) is -0.546. The number of amides is 4. The molecule has 0 radical (unpaired) electrons. The van der Waals surface area contributed by atoms with E-state index in [0.29, 0.717) is 23.2 Å². The van der Waals surface area contributed by atoms with Crippen LogP contribution in [0.5, 0.6) is 0 Å². The van der Waals surface area contributed by atoms with Crippen LogP contribution in [0.15, 0.2) is 83.3 Å². The van der Waals surface area contributed by atoms with Gasteiger partial charge in [0, 0.05) is 16.6 Å². The molecule has 1 aliphatic rings. The first-order valence-corrected chi connectivity index (χ1v) is 10.2. The number of rotatable bonds is 5. The number of hydrogen-bond acceptors (Lipinski definition) is 3. The smallest absolute Gasteiger partial charge is 0.317 e. The van der Waals surface area contributed by atoms with Crippen LogP contribution in [0.4, 0.5) is 10.5 Å². The summed E-state index contributed by atoms with van der Waals surface area (Å²) in [7, 11) is 0. The fourth-order valence-corrected chi connectivity index (χ4v) is 3.65. The number of nitrogens with zero attached hydrogens (tertiary/aromatic N) is 1. The number of anilines is 1. The highest BCUT2D eigenvalue weighted by atomic mass is 79.9. The molecule has 2 N–H and O–H groups in total. The molecule has 1 atom stereocenters. The number of urea groups is 1. The summed E-state index contributed by atoms with van der Waals surface area (Å²) in [4.78, 5) is 39.7. The number of nitrogens with one attached hydrogen (secondary N) is 2. The summed E-state index contributed by atoms with van der Waals surface area (Å²) in [5.74, 6) is -0.832. The van der Waals surface area contributed by atoms with Crippen molar-refractivity contribution in [2.45, 2.75) is 12.6 Å². The zero-order valence-electron chi connectivity index (χ0n) is 15.8. The molecule has 0 spiro atoms. The number of carbonyl (C=O) groups excluding carboxylic acids is 3. The molecule has 30 heavy (non-hydrogen) atoms. The zero-order chi connectivity index (χ0) is 21.1. The van der Waals surface area contributed by atoms with Crippen molar-refractivity contribution in [3.63, 3.8) is 0 Å². The highest BCUT2D eigenvalue weighted by Crippen LogP contribution is 2.25. The minimum atomic E-state index is -0.838. The van der Waals surface area contributed by atoms with E-state index in [2.05, 4.69) is 26.6 Å². The summed E-state index contributed by atoms with van der Waals surface area (Å²) in [5.41, 5.74) is 2.17. The van der Waals surface area contributed by atoms with Crippen LogP contribution in [-0.4, -0.2) is 28.9 Å². The Bertz CT molecular complexity index is 1070. The van der Waals surface area contributed by atoms with Gasteiger partial charge in [0.05, 0.1) is 11.1 Å². The summed E-state index contributed by atoms with van der Waals surface area (Å²) in [6, 6.07) is 22.7. The summed E-state index contributed by atoms with van der Waals surface area (Å²) < 4.78 is 0.890. The summed E-state index contributed by atoms with van der Waals surface area (Å²) in [6.45, 7) is 0. The van der Waals surface area contributed by atoms with Gasteiger partial charge < -0.3 is 10.6 Å². The second kappa shape index (κ2) is 8.51. The van der Waals surface area contributed by atoms with Crippen molar-refractivity contribution in [2.75, 3.05) is 5.32 Å². The summed E-state index contributed by atoms with van der Waals surface area (Å²) in [5, 5.41) is 5.53. The quantitative estimate of drug-likeness (QED) is 0.549. The number of carbonyl (C=O) groups is 3. The molecular formula is C23H18BrN3O3. The van der Waals surface area contributed by atoms with Gasteiger partial charge in [-0.15, -0.1) is 0 Å². The van der Waals surface area contributed by atoms with Gasteiger partial charge >= 0.3 is 6.03 Å². The Morgan fingerprint density at radius 2 is 1.40 bits per heavy atom. The molecule has 0 fully saturated rings. The van der Waals surface area contributed by atoms with Crippen LogP contribution >= 0.6 is 15.9 Å². The Morgan fingerprint density at radius 1 is 0.833 bits per heavy atom. The Morgan fingerprint density at radius 3 is 2.00 bits per heavy atom. The zero-order valence-corrected chi connectivity index (χ0v) is 17.4. The van der Waals surface area contributed by atoms with Crippen molar-refractivity contribution < 1.29 is 14.4 Å². The maximum absolute atomic E-state index is 12.9. The Hall–Kier alpha value is -3.45. The maximum Gasteiger partial charge on any atom is 0.320 e. The molecule has 0 saturated carbocycles. The molecule has 1 aliphatic heterocycles. The van der Waals surface area contributed by atoms with E-state index >= 15 is 0 Å². The van der Waals surface area contributed by atoms with Gasteiger partial charge in [0.25, 0.3) is 11.8 Å². The molecule has 4 rings (SSSR count). The van der Waals surface area contributed by atoms with Gasteiger partial charge in [0.2, 0.25) is 0 Å². The molecule has 6 nitrogen and oxygen atoms in total.